The molecule has 6 heteroatoms. The van der Waals surface area contributed by atoms with Crippen LogP contribution in [0.15, 0.2) is 24.3 Å². The van der Waals surface area contributed by atoms with E-state index in [9.17, 15) is 4.79 Å². The number of ether oxygens (including phenoxy) is 1. The lowest BCUT2D eigenvalue weighted by molar-refractivity contribution is -0.117. The average molecular weight is 338 g/mol. The first-order valence-corrected chi connectivity index (χ1v) is 9.93. The van der Waals surface area contributed by atoms with E-state index >= 15 is 0 Å². The van der Waals surface area contributed by atoms with Crippen molar-refractivity contribution in [2.75, 3.05) is 41.6 Å². The number of amides is 1. The number of methoxy groups -OCH3 is 1. The monoisotopic (exact) mass is 338 g/mol. The van der Waals surface area contributed by atoms with Gasteiger partial charge in [0.15, 0.2) is 0 Å². The number of nitrogens with zero attached hydrogens (tertiary/aromatic N) is 1. The summed E-state index contributed by atoms with van der Waals surface area (Å²) in [6.07, 6.45) is 0.595. The van der Waals surface area contributed by atoms with Gasteiger partial charge >= 0.3 is 0 Å². The third-order valence-corrected chi connectivity index (χ3v) is 6.51. The zero-order valence-electron chi connectivity index (χ0n) is 12.8. The minimum absolute atomic E-state index is 0.205. The summed E-state index contributed by atoms with van der Waals surface area (Å²) >= 11 is 4.03. The first-order valence-electron chi connectivity index (χ1n) is 7.62. The number of thioether (sulfide) groups is 2. The minimum atomic E-state index is 0.205. The highest BCUT2D eigenvalue weighted by atomic mass is 32.2. The van der Waals surface area contributed by atoms with E-state index in [2.05, 4.69) is 5.32 Å². The Labute approximate surface area is 140 Å². The van der Waals surface area contributed by atoms with Crippen molar-refractivity contribution in [2.45, 2.75) is 18.5 Å². The normalized spacial score (nSPS) is 23.6. The summed E-state index contributed by atoms with van der Waals surface area (Å²) in [5.74, 6) is 5.81. The van der Waals surface area contributed by atoms with Crippen LogP contribution in [0.25, 0.3) is 0 Å². The molecule has 0 saturated carbocycles. The fourth-order valence-electron chi connectivity index (χ4n) is 2.88. The Balaban J connectivity index is 1.59. The Kier molecular flexibility index (Phi) is 5.55. The molecular weight excluding hydrogens is 316 g/mol. The Hall–Kier alpha value is -0.850. The van der Waals surface area contributed by atoms with E-state index in [0.29, 0.717) is 12.5 Å². The van der Waals surface area contributed by atoms with E-state index in [0.717, 1.165) is 29.5 Å². The molecule has 1 N–H and O–H groups in total. The molecule has 2 saturated heterocycles. The highest BCUT2D eigenvalue weighted by Gasteiger charge is 2.32. The van der Waals surface area contributed by atoms with Gasteiger partial charge in [-0.1, -0.05) is 0 Å². The highest BCUT2D eigenvalue weighted by molar-refractivity contribution is 8.03. The summed E-state index contributed by atoms with van der Waals surface area (Å²) in [5.41, 5.74) is 0.958. The van der Waals surface area contributed by atoms with E-state index in [1.807, 2.05) is 52.7 Å². The van der Waals surface area contributed by atoms with Crippen LogP contribution >= 0.6 is 23.5 Å². The molecule has 120 valence electrons. The lowest BCUT2D eigenvalue weighted by Gasteiger charge is -2.21. The molecule has 2 heterocycles. The third kappa shape index (κ3) is 3.91. The molecule has 3 rings (SSSR count). The van der Waals surface area contributed by atoms with Crippen molar-refractivity contribution in [1.29, 1.82) is 0 Å². The lowest BCUT2D eigenvalue weighted by Crippen LogP contribution is -2.42. The molecule has 1 aromatic rings. The first kappa shape index (κ1) is 16.0. The molecule has 0 radical (unpaired) electrons. The number of nitrogens with one attached hydrogen (secondary N) is 1. The second-order valence-electron chi connectivity index (χ2n) is 5.62. The number of hydrogen-bond donors (Lipinski definition) is 1. The molecule has 1 atom stereocenters. The van der Waals surface area contributed by atoms with Gasteiger partial charge in [-0.25, -0.2) is 0 Å². The zero-order chi connectivity index (χ0) is 15.4. The number of carbonyl (C=O) groups excluding carboxylic acids is 1. The van der Waals surface area contributed by atoms with Gasteiger partial charge < -0.3 is 15.0 Å². The molecule has 2 fully saturated rings. The number of hydrogen-bond acceptors (Lipinski definition) is 5. The van der Waals surface area contributed by atoms with E-state index in [1.165, 1.54) is 11.5 Å². The predicted octanol–water partition coefficient (Wildman–Crippen LogP) is 2.24. The quantitative estimate of drug-likeness (QED) is 0.912. The molecule has 1 aromatic carbocycles. The van der Waals surface area contributed by atoms with Gasteiger partial charge in [-0.3, -0.25) is 4.79 Å². The molecule has 1 unspecified atom stereocenters. The maximum atomic E-state index is 12.3. The summed E-state index contributed by atoms with van der Waals surface area (Å²) in [6.45, 7) is 0.761. The molecule has 0 bridgehead atoms. The summed E-state index contributed by atoms with van der Waals surface area (Å²) in [5, 5.41) is 3.68. The van der Waals surface area contributed by atoms with Crippen molar-refractivity contribution in [3.8, 4) is 5.75 Å². The van der Waals surface area contributed by atoms with Gasteiger partial charge in [-0.15, -0.1) is 0 Å². The Bertz CT molecular complexity index is 501. The van der Waals surface area contributed by atoms with E-state index in [4.69, 9.17) is 4.74 Å². The fourth-order valence-corrected chi connectivity index (χ4v) is 5.30. The van der Waals surface area contributed by atoms with Crippen molar-refractivity contribution in [3.63, 3.8) is 0 Å². The maximum Gasteiger partial charge on any atom is 0.228 e. The smallest absolute Gasteiger partial charge is 0.228 e. The summed E-state index contributed by atoms with van der Waals surface area (Å²) < 4.78 is 5.17. The van der Waals surface area contributed by atoms with Crippen molar-refractivity contribution >= 4 is 35.1 Å². The van der Waals surface area contributed by atoms with Crippen LogP contribution in [0.3, 0.4) is 0 Å². The van der Waals surface area contributed by atoms with Crippen LogP contribution in [0, 0.1) is 0 Å². The topological polar surface area (TPSA) is 41.6 Å². The zero-order valence-corrected chi connectivity index (χ0v) is 14.4. The highest BCUT2D eigenvalue weighted by Crippen LogP contribution is 2.25. The number of anilines is 1. The second kappa shape index (κ2) is 7.62. The Morgan fingerprint density at radius 2 is 1.82 bits per heavy atom. The molecule has 0 spiro atoms. The average Bonchev–Trinajstić information content (AvgIpc) is 2.74. The SMILES string of the molecule is COc1ccc(N2CC(NC3CSCCSC3)CC2=O)cc1. The summed E-state index contributed by atoms with van der Waals surface area (Å²) in [4.78, 5) is 14.2. The van der Waals surface area contributed by atoms with Crippen molar-refractivity contribution in [2.24, 2.45) is 0 Å². The van der Waals surface area contributed by atoms with Crippen molar-refractivity contribution in [1.82, 2.24) is 5.32 Å². The Morgan fingerprint density at radius 1 is 1.14 bits per heavy atom. The lowest BCUT2D eigenvalue weighted by atomic mass is 10.2. The van der Waals surface area contributed by atoms with Crippen LogP contribution in [-0.2, 0) is 4.79 Å². The van der Waals surface area contributed by atoms with E-state index < -0.39 is 0 Å². The van der Waals surface area contributed by atoms with Crippen LogP contribution in [-0.4, -0.2) is 54.7 Å². The van der Waals surface area contributed by atoms with E-state index in [-0.39, 0.29) is 11.9 Å². The largest absolute Gasteiger partial charge is 0.497 e. The number of carbonyl (C=O) groups is 1. The Morgan fingerprint density at radius 3 is 2.45 bits per heavy atom. The van der Waals surface area contributed by atoms with Crippen LogP contribution in [0.4, 0.5) is 5.69 Å². The van der Waals surface area contributed by atoms with Crippen LogP contribution < -0.4 is 15.0 Å². The van der Waals surface area contributed by atoms with Crippen molar-refractivity contribution < 1.29 is 9.53 Å². The predicted molar refractivity (Wildman–Crippen MR) is 95.3 cm³/mol. The molecule has 22 heavy (non-hydrogen) atoms. The molecule has 2 aliphatic rings. The minimum Gasteiger partial charge on any atom is -0.497 e. The molecule has 2 aliphatic heterocycles. The van der Waals surface area contributed by atoms with Crippen LogP contribution in [0.5, 0.6) is 5.75 Å². The van der Waals surface area contributed by atoms with Gasteiger partial charge in [-0.2, -0.15) is 23.5 Å². The van der Waals surface area contributed by atoms with Gasteiger partial charge in [0.1, 0.15) is 5.75 Å². The summed E-state index contributed by atoms with van der Waals surface area (Å²) in [6, 6.07) is 8.50. The van der Waals surface area contributed by atoms with Gasteiger partial charge in [0, 0.05) is 53.7 Å². The van der Waals surface area contributed by atoms with E-state index in [1.54, 1.807) is 7.11 Å². The summed E-state index contributed by atoms with van der Waals surface area (Å²) in [7, 11) is 1.65. The molecular formula is C16H22N2O2S2. The third-order valence-electron chi connectivity index (χ3n) is 3.99. The van der Waals surface area contributed by atoms with Gasteiger partial charge in [0.05, 0.1) is 7.11 Å². The van der Waals surface area contributed by atoms with Gasteiger partial charge in [-0.05, 0) is 24.3 Å². The second-order valence-corrected chi connectivity index (χ2v) is 7.92. The van der Waals surface area contributed by atoms with Crippen LogP contribution in [0.2, 0.25) is 0 Å². The fraction of sp³-hybridized carbons (Fsp3) is 0.562. The number of benzene rings is 1. The molecule has 0 aromatic heterocycles. The molecule has 1 amide bonds. The maximum absolute atomic E-state index is 12.3. The first-order chi connectivity index (χ1) is 10.8. The van der Waals surface area contributed by atoms with Gasteiger partial charge in [0.2, 0.25) is 5.91 Å². The standard InChI is InChI=1S/C16H22N2O2S2/c1-20-15-4-2-14(3-5-15)18-9-12(8-16(18)19)17-13-10-21-6-7-22-11-13/h2-5,12-13,17H,6-11H2,1H3. The molecule has 0 aliphatic carbocycles. The van der Waals surface area contributed by atoms with Gasteiger partial charge in [0.25, 0.3) is 0 Å². The number of rotatable bonds is 4. The molecule has 4 nitrogen and oxygen atoms in total. The van der Waals surface area contributed by atoms with Crippen LogP contribution in [0.1, 0.15) is 6.42 Å². The van der Waals surface area contributed by atoms with Crippen molar-refractivity contribution in [3.05, 3.63) is 24.3 Å².